The van der Waals surface area contributed by atoms with Gasteiger partial charge in [-0.25, -0.2) is 0 Å². The van der Waals surface area contributed by atoms with E-state index >= 15 is 0 Å². The quantitative estimate of drug-likeness (QED) is 0.725. The highest BCUT2D eigenvalue weighted by Gasteiger charge is 2.52. The van der Waals surface area contributed by atoms with E-state index in [9.17, 15) is 14.4 Å². The second kappa shape index (κ2) is 8.03. The molecule has 2 aromatic rings. The van der Waals surface area contributed by atoms with Gasteiger partial charge in [0.1, 0.15) is 0 Å². The van der Waals surface area contributed by atoms with Crippen molar-refractivity contribution < 1.29 is 19.1 Å². The van der Waals surface area contributed by atoms with E-state index in [-0.39, 0.29) is 31.4 Å². The van der Waals surface area contributed by atoms with Gasteiger partial charge in [0, 0.05) is 18.7 Å². The Morgan fingerprint density at radius 1 is 0.963 bits per heavy atom. The van der Waals surface area contributed by atoms with Crippen LogP contribution in [0, 0.1) is 0 Å². The summed E-state index contributed by atoms with van der Waals surface area (Å²) >= 11 is 0. The molecule has 2 aromatic carbocycles. The number of hydrogen-bond donors (Lipinski definition) is 1. The van der Waals surface area contributed by atoms with Crippen LogP contribution in [0.15, 0.2) is 60.7 Å². The SMILES string of the molecule is NC(=O)CCN(C(=O)COC(=O)C1(c2ccccc2)CC1)c1ccccc1. The number of nitrogens with two attached hydrogens (primary N) is 1. The lowest BCUT2D eigenvalue weighted by molar-refractivity contribution is -0.150. The van der Waals surface area contributed by atoms with Crippen LogP contribution in [0.1, 0.15) is 24.8 Å². The van der Waals surface area contributed by atoms with Crippen LogP contribution >= 0.6 is 0 Å². The smallest absolute Gasteiger partial charge is 0.317 e. The predicted octanol–water partition coefficient (Wildman–Crippen LogP) is 2.17. The van der Waals surface area contributed by atoms with Gasteiger partial charge in [0.15, 0.2) is 6.61 Å². The monoisotopic (exact) mass is 366 g/mol. The molecule has 2 N–H and O–H groups in total. The molecule has 1 aliphatic carbocycles. The molecule has 27 heavy (non-hydrogen) atoms. The lowest BCUT2D eigenvalue weighted by Crippen LogP contribution is -2.38. The molecular formula is C21H22N2O4. The van der Waals surface area contributed by atoms with Gasteiger partial charge in [-0.1, -0.05) is 48.5 Å². The van der Waals surface area contributed by atoms with Gasteiger partial charge in [0.2, 0.25) is 5.91 Å². The third-order valence-corrected chi connectivity index (χ3v) is 4.74. The van der Waals surface area contributed by atoms with Gasteiger partial charge >= 0.3 is 5.97 Å². The first-order valence-electron chi connectivity index (χ1n) is 8.89. The highest BCUT2D eigenvalue weighted by molar-refractivity contribution is 5.96. The average Bonchev–Trinajstić information content (AvgIpc) is 3.49. The lowest BCUT2D eigenvalue weighted by Gasteiger charge is -2.23. The number of anilines is 1. The largest absolute Gasteiger partial charge is 0.455 e. The Labute approximate surface area is 157 Å². The number of benzene rings is 2. The third-order valence-electron chi connectivity index (χ3n) is 4.74. The Kier molecular flexibility index (Phi) is 5.54. The van der Waals surface area contributed by atoms with Gasteiger partial charge in [0.05, 0.1) is 5.41 Å². The number of primary amides is 1. The number of para-hydroxylation sites is 1. The average molecular weight is 366 g/mol. The van der Waals surface area contributed by atoms with Crippen molar-refractivity contribution in [3.63, 3.8) is 0 Å². The van der Waals surface area contributed by atoms with Gasteiger partial charge in [-0.3, -0.25) is 14.4 Å². The first-order valence-corrected chi connectivity index (χ1v) is 8.89. The predicted molar refractivity (Wildman–Crippen MR) is 101 cm³/mol. The highest BCUT2D eigenvalue weighted by Crippen LogP contribution is 2.49. The molecule has 0 spiro atoms. The highest BCUT2D eigenvalue weighted by atomic mass is 16.5. The lowest BCUT2D eigenvalue weighted by atomic mass is 9.96. The summed E-state index contributed by atoms with van der Waals surface area (Å²) in [7, 11) is 0. The summed E-state index contributed by atoms with van der Waals surface area (Å²) < 4.78 is 5.35. The van der Waals surface area contributed by atoms with E-state index < -0.39 is 11.3 Å². The summed E-state index contributed by atoms with van der Waals surface area (Å²) in [6.07, 6.45) is 1.46. The van der Waals surface area contributed by atoms with Crippen LogP contribution in [0.4, 0.5) is 5.69 Å². The Morgan fingerprint density at radius 2 is 1.56 bits per heavy atom. The number of ether oxygens (including phenoxy) is 1. The van der Waals surface area contributed by atoms with E-state index in [1.54, 1.807) is 24.3 Å². The molecule has 0 bridgehead atoms. The van der Waals surface area contributed by atoms with Crippen LogP contribution in [0.2, 0.25) is 0 Å². The summed E-state index contributed by atoms with van der Waals surface area (Å²) in [6, 6.07) is 18.4. The molecule has 3 rings (SSSR count). The molecule has 0 atom stereocenters. The van der Waals surface area contributed by atoms with Crippen LogP contribution in [-0.2, 0) is 24.5 Å². The van der Waals surface area contributed by atoms with Gasteiger partial charge < -0.3 is 15.4 Å². The minimum absolute atomic E-state index is 0.0303. The Morgan fingerprint density at radius 3 is 2.11 bits per heavy atom. The molecule has 0 saturated heterocycles. The molecule has 140 valence electrons. The van der Waals surface area contributed by atoms with Gasteiger partial charge in [-0.15, -0.1) is 0 Å². The van der Waals surface area contributed by atoms with Crippen molar-refractivity contribution in [2.45, 2.75) is 24.7 Å². The number of rotatable bonds is 8. The molecule has 6 heteroatoms. The fourth-order valence-corrected chi connectivity index (χ4v) is 3.06. The van der Waals surface area contributed by atoms with E-state index in [4.69, 9.17) is 10.5 Å². The first-order chi connectivity index (χ1) is 13.0. The van der Waals surface area contributed by atoms with Crippen molar-refractivity contribution in [1.29, 1.82) is 0 Å². The molecule has 0 heterocycles. The molecular weight excluding hydrogens is 344 g/mol. The number of nitrogens with zero attached hydrogens (tertiary/aromatic N) is 1. The van der Waals surface area contributed by atoms with Crippen LogP contribution in [0.5, 0.6) is 0 Å². The van der Waals surface area contributed by atoms with Crippen LogP contribution in [-0.4, -0.2) is 30.9 Å². The van der Waals surface area contributed by atoms with E-state index in [0.717, 1.165) is 5.56 Å². The zero-order chi connectivity index (χ0) is 19.3. The van der Waals surface area contributed by atoms with Crippen molar-refractivity contribution in [3.05, 3.63) is 66.2 Å². The van der Waals surface area contributed by atoms with Crippen LogP contribution < -0.4 is 10.6 Å². The van der Waals surface area contributed by atoms with E-state index in [1.165, 1.54) is 4.90 Å². The molecule has 2 amide bonds. The maximum Gasteiger partial charge on any atom is 0.317 e. The summed E-state index contributed by atoms with van der Waals surface area (Å²) in [6.45, 7) is -0.235. The Hall–Kier alpha value is -3.15. The standard InChI is InChI=1S/C21H22N2O4/c22-18(24)11-14-23(17-9-5-2-6-10-17)19(25)15-27-20(26)21(12-13-21)16-7-3-1-4-8-16/h1-10H,11-15H2,(H2,22,24). The molecule has 1 fully saturated rings. The van der Waals surface area contributed by atoms with Crippen molar-refractivity contribution >= 4 is 23.5 Å². The Balaban J connectivity index is 1.65. The van der Waals surface area contributed by atoms with Crippen molar-refractivity contribution in [2.24, 2.45) is 5.73 Å². The number of amides is 2. The second-order valence-electron chi connectivity index (χ2n) is 6.62. The maximum absolute atomic E-state index is 12.6. The van der Waals surface area contributed by atoms with Crippen molar-refractivity contribution in [1.82, 2.24) is 0 Å². The third kappa shape index (κ3) is 4.34. The zero-order valence-electron chi connectivity index (χ0n) is 15.0. The summed E-state index contributed by atoms with van der Waals surface area (Å²) in [5, 5.41) is 0. The van der Waals surface area contributed by atoms with Crippen molar-refractivity contribution in [3.8, 4) is 0 Å². The van der Waals surface area contributed by atoms with Crippen LogP contribution in [0.3, 0.4) is 0 Å². The summed E-state index contributed by atoms with van der Waals surface area (Å²) in [4.78, 5) is 37.8. The fourth-order valence-electron chi connectivity index (χ4n) is 3.06. The maximum atomic E-state index is 12.6. The topological polar surface area (TPSA) is 89.7 Å². The number of esters is 1. The second-order valence-corrected chi connectivity index (χ2v) is 6.62. The molecule has 0 radical (unpaired) electrons. The first kappa shape index (κ1) is 18.6. The van der Waals surface area contributed by atoms with Crippen LogP contribution in [0.25, 0.3) is 0 Å². The number of carbonyl (C=O) groups excluding carboxylic acids is 3. The molecule has 0 aromatic heterocycles. The minimum atomic E-state index is -0.633. The normalized spacial score (nSPS) is 14.2. The summed E-state index contributed by atoms with van der Waals surface area (Å²) in [5.41, 5.74) is 6.12. The number of carbonyl (C=O) groups is 3. The molecule has 1 saturated carbocycles. The fraction of sp³-hybridized carbons (Fsp3) is 0.286. The van der Waals surface area contributed by atoms with Gasteiger partial charge in [-0.05, 0) is 30.5 Å². The molecule has 1 aliphatic rings. The van der Waals surface area contributed by atoms with Crippen molar-refractivity contribution in [2.75, 3.05) is 18.1 Å². The van der Waals surface area contributed by atoms with E-state index in [1.807, 2.05) is 36.4 Å². The zero-order valence-corrected chi connectivity index (χ0v) is 15.0. The molecule has 0 aliphatic heterocycles. The van der Waals surface area contributed by atoms with E-state index in [0.29, 0.717) is 18.5 Å². The minimum Gasteiger partial charge on any atom is -0.455 e. The Bertz CT molecular complexity index is 817. The van der Waals surface area contributed by atoms with E-state index in [2.05, 4.69) is 0 Å². The molecule has 6 nitrogen and oxygen atoms in total. The molecule has 0 unspecified atom stereocenters. The number of hydrogen-bond acceptors (Lipinski definition) is 4. The summed E-state index contributed by atoms with van der Waals surface area (Å²) in [5.74, 6) is -1.27. The van der Waals surface area contributed by atoms with Gasteiger partial charge in [-0.2, -0.15) is 0 Å². The van der Waals surface area contributed by atoms with Gasteiger partial charge in [0.25, 0.3) is 5.91 Å².